The van der Waals surface area contributed by atoms with Crippen molar-refractivity contribution in [2.24, 2.45) is 23.2 Å². The number of carboxylic acids is 1. The SMILES string of the molecule is CC(C)c1ccc(S(=O)(=O)N[C@@H](C(=O)[O-])C23CC4CC(CC(C4)C2)C3)cc1. The number of nitrogens with one attached hydrogen (secondary N) is 1. The van der Waals surface area contributed by atoms with Gasteiger partial charge in [-0.15, -0.1) is 0 Å². The lowest BCUT2D eigenvalue weighted by Gasteiger charge is -2.59. The van der Waals surface area contributed by atoms with E-state index in [0.29, 0.717) is 23.7 Å². The molecule has 5 rings (SSSR count). The first-order valence-electron chi connectivity index (χ1n) is 10.0. The van der Waals surface area contributed by atoms with E-state index in [2.05, 4.69) is 4.72 Å². The molecule has 4 fully saturated rings. The Morgan fingerprint density at radius 2 is 1.52 bits per heavy atom. The second-order valence-corrected chi connectivity index (χ2v) is 11.1. The van der Waals surface area contributed by atoms with Gasteiger partial charge in [-0.25, -0.2) is 13.1 Å². The van der Waals surface area contributed by atoms with Crippen LogP contribution in [-0.4, -0.2) is 20.4 Å². The monoisotopic (exact) mass is 390 g/mol. The number of rotatable bonds is 6. The molecule has 6 heteroatoms. The molecule has 0 heterocycles. The fraction of sp³-hybridized carbons (Fsp3) is 0.667. The van der Waals surface area contributed by atoms with Crippen molar-refractivity contribution in [3.8, 4) is 0 Å². The number of aliphatic carboxylic acids is 1. The van der Waals surface area contributed by atoms with Crippen molar-refractivity contribution in [3.63, 3.8) is 0 Å². The highest BCUT2D eigenvalue weighted by Gasteiger charge is 2.55. The summed E-state index contributed by atoms with van der Waals surface area (Å²) >= 11 is 0. The van der Waals surface area contributed by atoms with Crippen molar-refractivity contribution in [3.05, 3.63) is 29.8 Å². The van der Waals surface area contributed by atoms with E-state index in [1.807, 2.05) is 13.8 Å². The average molecular weight is 391 g/mol. The van der Waals surface area contributed by atoms with Gasteiger partial charge in [0.05, 0.1) is 16.9 Å². The Morgan fingerprint density at radius 3 is 1.93 bits per heavy atom. The zero-order chi connectivity index (χ0) is 19.4. The molecule has 0 amide bonds. The Morgan fingerprint density at radius 1 is 1.04 bits per heavy atom. The number of carbonyl (C=O) groups excluding carboxylic acids is 1. The van der Waals surface area contributed by atoms with E-state index in [1.165, 1.54) is 19.3 Å². The fourth-order valence-electron chi connectivity index (χ4n) is 6.21. The van der Waals surface area contributed by atoms with Crippen LogP contribution in [0.15, 0.2) is 29.2 Å². The Balaban J connectivity index is 1.61. The summed E-state index contributed by atoms with van der Waals surface area (Å²) in [5.74, 6) is 0.617. The van der Waals surface area contributed by atoms with Crippen molar-refractivity contribution in [1.82, 2.24) is 4.72 Å². The van der Waals surface area contributed by atoms with Gasteiger partial charge in [0.15, 0.2) is 0 Å². The number of hydrogen-bond acceptors (Lipinski definition) is 4. The van der Waals surface area contributed by atoms with E-state index in [-0.39, 0.29) is 4.90 Å². The quantitative estimate of drug-likeness (QED) is 0.808. The summed E-state index contributed by atoms with van der Waals surface area (Å²) < 4.78 is 28.4. The maximum atomic E-state index is 12.9. The zero-order valence-corrected chi connectivity index (χ0v) is 16.8. The number of sulfonamides is 1. The van der Waals surface area contributed by atoms with E-state index in [4.69, 9.17) is 0 Å². The minimum atomic E-state index is -3.91. The molecule has 0 aliphatic heterocycles. The normalized spacial score (nSPS) is 33.4. The van der Waals surface area contributed by atoms with Gasteiger partial charge < -0.3 is 9.90 Å². The molecule has 0 unspecified atom stereocenters. The van der Waals surface area contributed by atoms with Gasteiger partial charge in [-0.2, -0.15) is 0 Å². The maximum Gasteiger partial charge on any atom is 0.241 e. The number of hydrogen-bond donors (Lipinski definition) is 1. The summed E-state index contributed by atoms with van der Waals surface area (Å²) in [5.41, 5.74) is 0.560. The molecule has 1 aromatic carbocycles. The van der Waals surface area contributed by atoms with Crippen LogP contribution in [-0.2, 0) is 14.8 Å². The number of benzene rings is 1. The van der Waals surface area contributed by atoms with Gasteiger partial charge in [-0.3, -0.25) is 0 Å². The molecular weight excluding hydrogens is 362 g/mol. The fourth-order valence-corrected chi connectivity index (χ4v) is 7.50. The van der Waals surface area contributed by atoms with Gasteiger partial charge >= 0.3 is 0 Å². The Hall–Kier alpha value is -1.40. The van der Waals surface area contributed by atoms with Gasteiger partial charge in [-0.1, -0.05) is 26.0 Å². The van der Waals surface area contributed by atoms with Crippen LogP contribution >= 0.6 is 0 Å². The molecule has 0 aromatic heterocycles. The van der Waals surface area contributed by atoms with Crippen molar-refractivity contribution >= 4 is 16.0 Å². The summed E-state index contributed by atoms with van der Waals surface area (Å²) in [6.07, 6.45) is 5.90. The molecule has 1 aromatic rings. The van der Waals surface area contributed by atoms with Crippen LogP contribution in [0.25, 0.3) is 0 Å². The van der Waals surface area contributed by atoms with Gasteiger partial charge in [0.25, 0.3) is 0 Å². The lowest BCUT2D eigenvalue weighted by Crippen LogP contribution is -2.62. The molecule has 1 N–H and O–H groups in total. The Kier molecular flexibility index (Phi) is 4.62. The van der Waals surface area contributed by atoms with Crippen molar-refractivity contribution in [1.29, 1.82) is 0 Å². The molecule has 27 heavy (non-hydrogen) atoms. The molecule has 4 saturated carbocycles. The lowest BCUT2D eigenvalue weighted by atomic mass is 9.48. The standard InChI is InChI=1S/C21H29NO4S/c1-13(2)17-3-5-18(6-4-17)27(25,26)22-19(20(23)24)21-10-14-7-15(11-21)9-16(8-14)12-21/h3-6,13-16,19,22H,7-12H2,1-2H3,(H,23,24)/p-1/t14?,15?,16?,19-,21?/m0/s1. The predicted molar refractivity (Wildman–Crippen MR) is 100 cm³/mol. The number of carboxylic acid groups (broad SMARTS) is 1. The lowest BCUT2D eigenvalue weighted by molar-refractivity contribution is -0.313. The average Bonchev–Trinajstić information content (AvgIpc) is 2.58. The van der Waals surface area contributed by atoms with Crippen molar-refractivity contribution < 1.29 is 18.3 Å². The first-order chi connectivity index (χ1) is 12.7. The van der Waals surface area contributed by atoms with E-state index >= 15 is 0 Å². The second-order valence-electron chi connectivity index (χ2n) is 9.38. The van der Waals surface area contributed by atoms with Crippen LogP contribution in [0.1, 0.15) is 63.9 Å². The van der Waals surface area contributed by atoms with Crippen LogP contribution < -0.4 is 9.83 Å². The van der Waals surface area contributed by atoms with Gasteiger partial charge in [0.1, 0.15) is 0 Å². The smallest absolute Gasteiger partial charge is 0.241 e. The van der Waals surface area contributed by atoms with Crippen LogP contribution in [0, 0.1) is 23.2 Å². The second kappa shape index (κ2) is 6.59. The van der Waals surface area contributed by atoms with Gasteiger partial charge in [0, 0.05) is 0 Å². The molecule has 4 aliphatic rings. The minimum Gasteiger partial charge on any atom is -0.548 e. The van der Waals surface area contributed by atoms with Crippen molar-refractivity contribution in [2.75, 3.05) is 0 Å². The highest BCUT2D eigenvalue weighted by atomic mass is 32.2. The summed E-state index contributed by atoms with van der Waals surface area (Å²) in [5, 5.41) is 12.0. The zero-order valence-electron chi connectivity index (χ0n) is 16.0. The van der Waals surface area contributed by atoms with Crippen LogP contribution in [0.2, 0.25) is 0 Å². The molecule has 1 atom stereocenters. The molecule has 0 saturated heterocycles. The number of carbonyl (C=O) groups is 1. The van der Waals surface area contributed by atoms with Crippen LogP contribution in [0.5, 0.6) is 0 Å². The molecular formula is C21H28NO4S-. The third-order valence-electron chi connectivity index (χ3n) is 7.06. The Labute approximate surface area is 161 Å². The third-order valence-corrected chi connectivity index (χ3v) is 8.50. The summed E-state index contributed by atoms with van der Waals surface area (Å²) in [7, 11) is -3.91. The molecule has 4 bridgehead atoms. The van der Waals surface area contributed by atoms with Gasteiger partial charge in [0.2, 0.25) is 10.0 Å². The first kappa shape index (κ1) is 18.9. The van der Waals surface area contributed by atoms with E-state index < -0.39 is 27.4 Å². The van der Waals surface area contributed by atoms with E-state index in [0.717, 1.165) is 24.8 Å². The minimum absolute atomic E-state index is 0.114. The molecule has 0 spiro atoms. The molecule has 4 aliphatic carbocycles. The Bertz CT molecular complexity index is 793. The summed E-state index contributed by atoms with van der Waals surface area (Å²) in [4.78, 5) is 12.1. The maximum absolute atomic E-state index is 12.9. The molecule has 0 radical (unpaired) electrons. The third kappa shape index (κ3) is 3.42. The summed E-state index contributed by atoms with van der Waals surface area (Å²) in [6, 6.07) is 5.55. The highest BCUT2D eigenvalue weighted by Crippen LogP contribution is 2.61. The topological polar surface area (TPSA) is 86.3 Å². The predicted octanol–water partition coefficient (Wildman–Crippen LogP) is 2.42. The highest BCUT2D eigenvalue weighted by molar-refractivity contribution is 7.89. The molecule has 148 valence electrons. The van der Waals surface area contributed by atoms with Gasteiger partial charge in [-0.05, 0) is 85.3 Å². The van der Waals surface area contributed by atoms with Crippen LogP contribution in [0.3, 0.4) is 0 Å². The first-order valence-corrected chi connectivity index (χ1v) is 11.5. The van der Waals surface area contributed by atoms with E-state index in [1.54, 1.807) is 24.3 Å². The summed E-state index contributed by atoms with van der Waals surface area (Å²) in [6.45, 7) is 4.09. The molecule has 5 nitrogen and oxygen atoms in total. The van der Waals surface area contributed by atoms with Crippen LogP contribution in [0.4, 0.5) is 0 Å². The largest absolute Gasteiger partial charge is 0.548 e. The van der Waals surface area contributed by atoms with E-state index in [9.17, 15) is 18.3 Å². The van der Waals surface area contributed by atoms with Crippen molar-refractivity contribution in [2.45, 2.75) is 69.2 Å².